The molecule has 0 N–H and O–H groups in total. The highest BCUT2D eigenvalue weighted by Gasteiger charge is 2.02. The van der Waals surface area contributed by atoms with E-state index in [9.17, 15) is 0 Å². The van der Waals surface area contributed by atoms with Crippen LogP contribution in [0.4, 0.5) is 0 Å². The van der Waals surface area contributed by atoms with Crippen LogP contribution in [-0.4, -0.2) is 14.6 Å². The molecule has 2 rings (SSSR count). The number of hydrogen-bond donors (Lipinski definition) is 0. The quantitative estimate of drug-likeness (QED) is 0.744. The molecular weight excluding hydrogens is 277 g/mol. The average Bonchev–Trinajstić information content (AvgIpc) is 2.30. The molecule has 0 saturated carbocycles. The first-order valence-corrected chi connectivity index (χ1v) is 4.52. The van der Waals surface area contributed by atoms with Crippen LogP contribution >= 0.6 is 39.9 Å². The van der Waals surface area contributed by atoms with Crippen LogP contribution in [0.5, 0.6) is 0 Å². The monoisotopic (exact) mass is 281 g/mol. The lowest BCUT2D eigenvalue weighted by atomic mass is 10.3. The molecule has 2 aromatic rings. The molecule has 0 aliphatic rings. The molecule has 13 heavy (non-hydrogen) atoms. The highest BCUT2D eigenvalue weighted by Crippen LogP contribution is 2.15. The highest BCUT2D eigenvalue weighted by atomic mass is 79.9. The molecule has 0 fully saturated rings. The summed E-state index contributed by atoms with van der Waals surface area (Å²) in [5.74, 6) is 0. The number of halogens is 3. The Labute approximate surface area is 94.6 Å². The Bertz CT molecular complexity index is 401. The van der Waals surface area contributed by atoms with Crippen molar-refractivity contribution < 1.29 is 0 Å². The predicted octanol–water partition coefficient (Wildman–Crippen LogP) is 2.88. The van der Waals surface area contributed by atoms with Crippen LogP contribution in [0.15, 0.2) is 16.9 Å². The van der Waals surface area contributed by atoms with E-state index in [2.05, 4.69) is 26.0 Å². The second-order valence-corrected chi connectivity index (χ2v) is 3.66. The Morgan fingerprint density at radius 3 is 2.92 bits per heavy atom. The molecule has 6 heteroatoms. The summed E-state index contributed by atoms with van der Waals surface area (Å²) >= 11 is 9.08. The molecule has 0 bridgehead atoms. The third-order valence-electron chi connectivity index (χ3n) is 1.55. The Morgan fingerprint density at radius 2 is 2.23 bits per heavy atom. The molecule has 0 aliphatic heterocycles. The topological polar surface area (TPSA) is 30.2 Å². The van der Waals surface area contributed by atoms with E-state index in [0.717, 1.165) is 15.8 Å². The number of aryl methyl sites for hydroxylation is 1. The van der Waals surface area contributed by atoms with Crippen LogP contribution in [-0.2, 0) is 0 Å². The second kappa shape index (κ2) is 3.82. The van der Waals surface area contributed by atoms with Crippen molar-refractivity contribution in [3.8, 4) is 0 Å². The van der Waals surface area contributed by atoms with E-state index in [1.165, 1.54) is 0 Å². The molecule has 2 heterocycles. The lowest BCUT2D eigenvalue weighted by Crippen LogP contribution is -1.92. The standard InChI is InChI=1S/C7H5BrClN3.ClH/c1-4-2-6-10-5(8)3-12(6)11-7(4)9;/h2-3H,1H3;1H. The van der Waals surface area contributed by atoms with E-state index < -0.39 is 0 Å². The molecule has 0 amide bonds. The van der Waals surface area contributed by atoms with Gasteiger partial charge < -0.3 is 0 Å². The number of hydrogen-bond acceptors (Lipinski definition) is 2. The fourth-order valence-electron chi connectivity index (χ4n) is 0.962. The lowest BCUT2D eigenvalue weighted by Gasteiger charge is -1.96. The van der Waals surface area contributed by atoms with Gasteiger partial charge in [0.25, 0.3) is 0 Å². The van der Waals surface area contributed by atoms with E-state index in [1.54, 1.807) is 10.7 Å². The molecule has 0 saturated heterocycles. The van der Waals surface area contributed by atoms with Crippen molar-refractivity contribution in [2.45, 2.75) is 6.92 Å². The minimum absolute atomic E-state index is 0. The first-order valence-electron chi connectivity index (χ1n) is 3.35. The van der Waals surface area contributed by atoms with Crippen LogP contribution in [0.3, 0.4) is 0 Å². The fraction of sp³-hybridized carbons (Fsp3) is 0.143. The maximum atomic E-state index is 5.82. The van der Waals surface area contributed by atoms with Crippen LogP contribution in [0.25, 0.3) is 5.65 Å². The molecule has 70 valence electrons. The Balaban J connectivity index is 0.000000845. The van der Waals surface area contributed by atoms with Crippen molar-refractivity contribution in [1.82, 2.24) is 14.6 Å². The van der Waals surface area contributed by atoms with Gasteiger partial charge in [-0.15, -0.1) is 12.4 Å². The van der Waals surface area contributed by atoms with Gasteiger partial charge in [-0.2, -0.15) is 5.10 Å². The van der Waals surface area contributed by atoms with Gasteiger partial charge in [0.05, 0.1) is 6.20 Å². The van der Waals surface area contributed by atoms with Crippen molar-refractivity contribution in [2.75, 3.05) is 0 Å². The zero-order valence-corrected chi connectivity index (χ0v) is 9.82. The molecule has 2 aromatic heterocycles. The largest absolute Gasteiger partial charge is 0.220 e. The van der Waals surface area contributed by atoms with Crippen molar-refractivity contribution >= 4 is 45.6 Å². The van der Waals surface area contributed by atoms with Gasteiger partial charge in [-0.05, 0) is 34.5 Å². The van der Waals surface area contributed by atoms with Gasteiger partial charge in [0.15, 0.2) is 10.8 Å². The summed E-state index contributed by atoms with van der Waals surface area (Å²) in [7, 11) is 0. The lowest BCUT2D eigenvalue weighted by molar-refractivity contribution is 0.927. The first-order chi connectivity index (χ1) is 5.66. The van der Waals surface area contributed by atoms with E-state index in [1.807, 2.05) is 13.0 Å². The van der Waals surface area contributed by atoms with Crippen LogP contribution in [0.1, 0.15) is 5.56 Å². The molecule has 0 atom stereocenters. The summed E-state index contributed by atoms with van der Waals surface area (Å²) in [6.45, 7) is 1.90. The van der Waals surface area contributed by atoms with E-state index in [0.29, 0.717) is 5.15 Å². The molecule has 3 nitrogen and oxygen atoms in total. The zero-order chi connectivity index (χ0) is 8.72. The summed E-state index contributed by atoms with van der Waals surface area (Å²) in [6.07, 6.45) is 1.76. The fourth-order valence-corrected chi connectivity index (χ4v) is 1.47. The van der Waals surface area contributed by atoms with Crippen molar-refractivity contribution in [1.29, 1.82) is 0 Å². The van der Waals surface area contributed by atoms with E-state index in [-0.39, 0.29) is 12.4 Å². The maximum Gasteiger partial charge on any atom is 0.155 e. The second-order valence-electron chi connectivity index (χ2n) is 2.48. The normalized spacial score (nSPS) is 10.1. The minimum atomic E-state index is 0. The minimum Gasteiger partial charge on any atom is -0.220 e. The molecular formula is C7H6BrCl2N3. The average molecular weight is 283 g/mol. The van der Waals surface area contributed by atoms with Gasteiger partial charge >= 0.3 is 0 Å². The van der Waals surface area contributed by atoms with E-state index >= 15 is 0 Å². The molecule has 0 spiro atoms. The number of rotatable bonds is 0. The van der Waals surface area contributed by atoms with Gasteiger partial charge in [0.1, 0.15) is 4.60 Å². The van der Waals surface area contributed by atoms with Crippen LogP contribution in [0.2, 0.25) is 5.15 Å². The van der Waals surface area contributed by atoms with Gasteiger partial charge in [-0.1, -0.05) is 11.6 Å². The Hall–Kier alpha value is -0.320. The van der Waals surface area contributed by atoms with Crippen LogP contribution < -0.4 is 0 Å². The molecule has 0 aliphatic carbocycles. The number of imidazole rings is 1. The first kappa shape index (κ1) is 10.8. The van der Waals surface area contributed by atoms with Crippen molar-refractivity contribution in [2.24, 2.45) is 0 Å². The van der Waals surface area contributed by atoms with Gasteiger partial charge in [-0.25, -0.2) is 9.50 Å². The van der Waals surface area contributed by atoms with Gasteiger partial charge in [0, 0.05) is 0 Å². The SMILES string of the molecule is Cc1cc2nc(Br)cn2nc1Cl.Cl. The smallest absolute Gasteiger partial charge is 0.155 e. The Morgan fingerprint density at radius 1 is 1.54 bits per heavy atom. The van der Waals surface area contributed by atoms with Crippen molar-refractivity contribution in [3.05, 3.63) is 27.6 Å². The summed E-state index contributed by atoms with van der Waals surface area (Å²) < 4.78 is 2.40. The number of fused-ring (bicyclic) bond motifs is 1. The van der Waals surface area contributed by atoms with Gasteiger partial charge in [-0.3, -0.25) is 0 Å². The summed E-state index contributed by atoms with van der Waals surface area (Å²) in [4.78, 5) is 4.17. The molecule has 0 aromatic carbocycles. The number of aromatic nitrogens is 3. The third kappa shape index (κ3) is 1.95. The van der Waals surface area contributed by atoms with Crippen LogP contribution in [0, 0.1) is 6.92 Å². The maximum absolute atomic E-state index is 5.82. The highest BCUT2D eigenvalue weighted by molar-refractivity contribution is 9.10. The Kier molecular flexibility index (Phi) is 3.16. The molecule has 0 unspecified atom stereocenters. The predicted molar refractivity (Wildman–Crippen MR) is 57.7 cm³/mol. The number of nitrogens with zero attached hydrogens (tertiary/aromatic N) is 3. The van der Waals surface area contributed by atoms with E-state index in [4.69, 9.17) is 11.6 Å². The van der Waals surface area contributed by atoms with Gasteiger partial charge in [0.2, 0.25) is 0 Å². The summed E-state index contributed by atoms with van der Waals surface area (Å²) in [5.41, 5.74) is 1.73. The third-order valence-corrected chi connectivity index (χ3v) is 2.31. The summed E-state index contributed by atoms with van der Waals surface area (Å²) in [6, 6.07) is 1.89. The van der Waals surface area contributed by atoms with Crippen molar-refractivity contribution in [3.63, 3.8) is 0 Å². The summed E-state index contributed by atoms with van der Waals surface area (Å²) in [5, 5.41) is 4.59. The zero-order valence-electron chi connectivity index (χ0n) is 6.66. The molecule has 0 radical (unpaired) electrons.